The Hall–Kier alpha value is -1.34. The molecule has 0 spiro atoms. The monoisotopic (exact) mass is 217 g/mol. The molecule has 0 fully saturated rings. The van der Waals surface area contributed by atoms with Crippen molar-refractivity contribution in [2.45, 2.75) is 18.9 Å². The molecule has 7 heteroatoms. The van der Waals surface area contributed by atoms with Crippen molar-refractivity contribution in [3.05, 3.63) is 0 Å². The van der Waals surface area contributed by atoms with E-state index >= 15 is 0 Å². The van der Waals surface area contributed by atoms with Crippen molar-refractivity contribution in [3.8, 4) is 0 Å². The van der Waals surface area contributed by atoms with Crippen molar-refractivity contribution in [3.63, 3.8) is 0 Å². The molecular weight excluding hydrogens is 198 g/mol. The average molecular weight is 217 g/mol. The Bertz CT molecular complexity index is 219. The average Bonchev–Trinajstić information content (AvgIpc) is 2.15. The fourth-order valence-electron chi connectivity index (χ4n) is 1.19. The number of carbonyl (C=O) groups excluding carboxylic acids is 2. The third-order valence-electron chi connectivity index (χ3n) is 1.99. The molecule has 0 aliphatic rings. The van der Waals surface area contributed by atoms with E-state index in [0.717, 1.165) is 0 Å². The summed E-state index contributed by atoms with van der Waals surface area (Å²) in [5.41, 5.74) is 4.89. The zero-order valence-electron chi connectivity index (χ0n) is 9.12. The SMILES string of the molecule is CNC(=O)[C@H](CCCNC(N)=O)N(C)N. The first-order chi connectivity index (χ1) is 6.99. The molecule has 0 aromatic rings. The van der Waals surface area contributed by atoms with E-state index in [-0.39, 0.29) is 11.9 Å². The fraction of sp³-hybridized carbons (Fsp3) is 0.750. The number of nitrogens with two attached hydrogens (primary N) is 2. The summed E-state index contributed by atoms with van der Waals surface area (Å²) in [5.74, 6) is 5.38. The van der Waals surface area contributed by atoms with Gasteiger partial charge in [-0.05, 0) is 12.8 Å². The predicted molar refractivity (Wildman–Crippen MR) is 56.6 cm³/mol. The third kappa shape index (κ3) is 5.87. The topological polar surface area (TPSA) is 113 Å². The van der Waals surface area contributed by atoms with Gasteiger partial charge in [0, 0.05) is 20.6 Å². The van der Waals surface area contributed by atoms with Gasteiger partial charge in [-0.1, -0.05) is 0 Å². The third-order valence-corrected chi connectivity index (χ3v) is 1.99. The van der Waals surface area contributed by atoms with Gasteiger partial charge in [-0.25, -0.2) is 9.80 Å². The summed E-state index contributed by atoms with van der Waals surface area (Å²) in [6, 6.07) is -0.947. The van der Waals surface area contributed by atoms with E-state index < -0.39 is 6.03 Å². The minimum atomic E-state index is -0.562. The number of urea groups is 1. The van der Waals surface area contributed by atoms with Crippen LogP contribution in [-0.2, 0) is 4.79 Å². The van der Waals surface area contributed by atoms with Crippen molar-refractivity contribution in [1.82, 2.24) is 15.6 Å². The van der Waals surface area contributed by atoms with Crippen molar-refractivity contribution in [2.75, 3.05) is 20.6 Å². The standard InChI is InChI=1S/C8H19N5O2/c1-11-7(14)6(13(2)10)4-3-5-12-8(9)15/h6H,3-5,10H2,1-2H3,(H,11,14)(H3,9,12,15)/t6-/m0/s1. The highest BCUT2D eigenvalue weighted by Crippen LogP contribution is 2.01. The van der Waals surface area contributed by atoms with Crippen LogP contribution < -0.4 is 22.2 Å². The highest BCUT2D eigenvalue weighted by atomic mass is 16.2. The molecule has 0 radical (unpaired) electrons. The number of hydrazine groups is 1. The lowest BCUT2D eigenvalue weighted by atomic mass is 10.1. The zero-order chi connectivity index (χ0) is 11.8. The predicted octanol–water partition coefficient (Wildman–Crippen LogP) is -1.64. The number of nitrogens with zero attached hydrogens (tertiary/aromatic N) is 1. The Morgan fingerprint density at radius 1 is 1.47 bits per heavy atom. The Morgan fingerprint density at radius 2 is 2.07 bits per heavy atom. The summed E-state index contributed by atoms with van der Waals surface area (Å²) in [5, 5.41) is 6.32. The number of hydrogen-bond acceptors (Lipinski definition) is 4. The molecule has 7 nitrogen and oxygen atoms in total. The molecule has 0 aromatic heterocycles. The molecule has 0 aliphatic heterocycles. The molecule has 0 heterocycles. The number of primary amides is 1. The highest BCUT2D eigenvalue weighted by Gasteiger charge is 2.19. The first-order valence-corrected chi connectivity index (χ1v) is 4.71. The maximum Gasteiger partial charge on any atom is 0.312 e. The zero-order valence-corrected chi connectivity index (χ0v) is 9.12. The Kier molecular flexibility index (Phi) is 6.39. The van der Waals surface area contributed by atoms with Crippen LogP contribution in [0.4, 0.5) is 4.79 Å². The van der Waals surface area contributed by atoms with Crippen LogP contribution in [0.5, 0.6) is 0 Å². The lowest BCUT2D eigenvalue weighted by Crippen LogP contribution is -2.47. The molecule has 0 saturated heterocycles. The lowest BCUT2D eigenvalue weighted by Gasteiger charge is -2.21. The number of hydrogen-bond donors (Lipinski definition) is 4. The minimum absolute atomic E-state index is 0.140. The van der Waals surface area contributed by atoms with Gasteiger partial charge >= 0.3 is 6.03 Å². The molecule has 1 atom stereocenters. The van der Waals surface area contributed by atoms with E-state index in [1.807, 2.05) is 0 Å². The molecule has 6 N–H and O–H groups in total. The largest absolute Gasteiger partial charge is 0.358 e. The van der Waals surface area contributed by atoms with Gasteiger partial charge in [0.05, 0.1) is 0 Å². The Balaban J connectivity index is 3.87. The summed E-state index contributed by atoms with van der Waals surface area (Å²) in [7, 11) is 3.18. The number of amides is 3. The molecular formula is C8H19N5O2. The summed E-state index contributed by atoms with van der Waals surface area (Å²) in [4.78, 5) is 21.7. The van der Waals surface area contributed by atoms with Crippen LogP contribution in [-0.4, -0.2) is 43.6 Å². The van der Waals surface area contributed by atoms with Crippen LogP contribution in [0.25, 0.3) is 0 Å². The normalized spacial score (nSPS) is 12.3. The van der Waals surface area contributed by atoms with Crippen LogP contribution in [0.1, 0.15) is 12.8 Å². The number of carbonyl (C=O) groups is 2. The molecule has 15 heavy (non-hydrogen) atoms. The summed E-state index contributed by atoms with van der Waals surface area (Å²) >= 11 is 0. The van der Waals surface area contributed by atoms with Gasteiger partial charge in [0.2, 0.25) is 5.91 Å². The van der Waals surface area contributed by atoms with E-state index in [0.29, 0.717) is 19.4 Å². The molecule has 0 rings (SSSR count). The molecule has 0 bridgehead atoms. The van der Waals surface area contributed by atoms with Gasteiger partial charge in [0.25, 0.3) is 0 Å². The van der Waals surface area contributed by atoms with E-state index in [1.54, 1.807) is 14.1 Å². The van der Waals surface area contributed by atoms with E-state index in [2.05, 4.69) is 10.6 Å². The van der Waals surface area contributed by atoms with E-state index in [1.165, 1.54) is 5.01 Å². The van der Waals surface area contributed by atoms with Crippen LogP contribution >= 0.6 is 0 Å². The van der Waals surface area contributed by atoms with Crippen molar-refractivity contribution >= 4 is 11.9 Å². The van der Waals surface area contributed by atoms with Gasteiger partial charge < -0.3 is 16.4 Å². The molecule has 0 aromatic carbocycles. The Morgan fingerprint density at radius 3 is 2.47 bits per heavy atom. The van der Waals surface area contributed by atoms with Gasteiger partial charge in [0.15, 0.2) is 0 Å². The van der Waals surface area contributed by atoms with Gasteiger partial charge in [0.1, 0.15) is 6.04 Å². The van der Waals surface area contributed by atoms with Crippen LogP contribution in [0.15, 0.2) is 0 Å². The molecule has 3 amide bonds. The maximum atomic E-state index is 11.3. The maximum absolute atomic E-state index is 11.3. The van der Waals surface area contributed by atoms with Crippen LogP contribution in [0, 0.1) is 0 Å². The van der Waals surface area contributed by atoms with Crippen LogP contribution in [0.2, 0.25) is 0 Å². The summed E-state index contributed by atoms with van der Waals surface area (Å²) < 4.78 is 0. The van der Waals surface area contributed by atoms with Gasteiger partial charge in [-0.2, -0.15) is 0 Å². The highest BCUT2D eigenvalue weighted by molar-refractivity contribution is 5.81. The molecule has 88 valence electrons. The minimum Gasteiger partial charge on any atom is -0.358 e. The van der Waals surface area contributed by atoms with Crippen LogP contribution in [0.3, 0.4) is 0 Å². The quantitative estimate of drug-likeness (QED) is 0.242. The van der Waals surface area contributed by atoms with Crippen molar-refractivity contribution < 1.29 is 9.59 Å². The second-order valence-electron chi connectivity index (χ2n) is 3.23. The number of likely N-dealkylation sites (N-methyl/N-ethyl adjacent to an activating group) is 2. The fourth-order valence-corrected chi connectivity index (χ4v) is 1.19. The number of nitrogens with one attached hydrogen (secondary N) is 2. The van der Waals surface area contributed by atoms with E-state index in [9.17, 15) is 9.59 Å². The lowest BCUT2D eigenvalue weighted by molar-refractivity contribution is -0.125. The smallest absolute Gasteiger partial charge is 0.312 e. The summed E-state index contributed by atoms with van der Waals surface area (Å²) in [6.07, 6.45) is 1.20. The summed E-state index contributed by atoms with van der Waals surface area (Å²) in [6.45, 7) is 0.441. The van der Waals surface area contributed by atoms with Gasteiger partial charge in [-0.3, -0.25) is 10.6 Å². The molecule has 0 unspecified atom stereocenters. The van der Waals surface area contributed by atoms with Gasteiger partial charge in [-0.15, -0.1) is 0 Å². The number of rotatable bonds is 6. The van der Waals surface area contributed by atoms with E-state index in [4.69, 9.17) is 11.6 Å². The molecule has 0 aliphatic carbocycles. The van der Waals surface area contributed by atoms with Crippen molar-refractivity contribution in [1.29, 1.82) is 0 Å². The molecule has 0 saturated carbocycles. The first-order valence-electron chi connectivity index (χ1n) is 4.71. The van der Waals surface area contributed by atoms with Crippen molar-refractivity contribution in [2.24, 2.45) is 11.6 Å². The first kappa shape index (κ1) is 13.7. The second-order valence-corrected chi connectivity index (χ2v) is 3.23. The second kappa shape index (κ2) is 7.02. The Labute approximate surface area is 89.1 Å².